The standard InChI is InChI=1S/C23H24O3S/c1-3-14-27(24)23-16-21(13-12-18(23)2)25-17-19-8-7-11-22(15-19)26-20-9-5-4-6-10-20/h4-13,15-16H,3,14,17H2,1-2H3. The van der Waals surface area contributed by atoms with Gasteiger partial charge in [0.05, 0.1) is 10.8 Å². The van der Waals surface area contributed by atoms with Crippen molar-refractivity contribution >= 4 is 10.8 Å². The molecule has 0 aliphatic heterocycles. The van der Waals surface area contributed by atoms with Gasteiger partial charge in [-0.2, -0.15) is 0 Å². The number of para-hydroxylation sites is 1. The summed E-state index contributed by atoms with van der Waals surface area (Å²) in [6.07, 6.45) is 0.894. The van der Waals surface area contributed by atoms with Crippen LogP contribution < -0.4 is 9.47 Å². The maximum atomic E-state index is 12.3. The van der Waals surface area contributed by atoms with E-state index in [-0.39, 0.29) is 0 Å². The quantitative estimate of drug-likeness (QED) is 0.489. The Morgan fingerprint density at radius 1 is 0.852 bits per heavy atom. The third-order valence-electron chi connectivity index (χ3n) is 4.08. The minimum Gasteiger partial charge on any atom is -0.489 e. The van der Waals surface area contributed by atoms with Crippen molar-refractivity contribution in [3.8, 4) is 17.2 Å². The molecule has 1 atom stereocenters. The van der Waals surface area contributed by atoms with Crippen LogP contribution in [0.2, 0.25) is 0 Å². The van der Waals surface area contributed by atoms with Crippen LogP contribution in [0.25, 0.3) is 0 Å². The summed E-state index contributed by atoms with van der Waals surface area (Å²) in [6, 6.07) is 23.3. The molecule has 0 amide bonds. The molecule has 0 aliphatic rings. The summed E-state index contributed by atoms with van der Waals surface area (Å²) in [6.45, 7) is 4.45. The van der Waals surface area contributed by atoms with E-state index in [4.69, 9.17) is 9.47 Å². The minimum atomic E-state index is -0.980. The topological polar surface area (TPSA) is 35.5 Å². The smallest absolute Gasteiger partial charge is 0.127 e. The molecule has 0 aromatic heterocycles. The summed E-state index contributed by atoms with van der Waals surface area (Å²) in [5.74, 6) is 2.98. The zero-order valence-electron chi connectivity index (χ0n) is 15.7. The molecule has 0 saturated carbocycles. The Balaban J connectivity index is 1.67. The second kappa shape index (κ2) is 9.38. The summed E-state index contributed by atoms with van der Waals surface area (Å²) >= 11 is 0. The Morgan fingerprint density at radius 2 is 1.63 bits per heavy atom. The predicted molar refractivity (Wildman–Crippen MR) is 110 cm³/mol. The summed E-state index contributed by atoms with van der Waals surface area (Å²) in [5.41, 5.74) is 2.05. The molecular weight excluding hydrogens is 356 g/mol. The molecule has 0 spiro atoms. The zero-order chi connectivity index (χ0) is 19.1. The second-order valence-corrected chi connectivity index (χ2v) is 7.87. The normalized spacial score (nSPS) is 11.8. The van der Waals surface area contributed by atoms with Gasteiger partial charge in [0.25, 0.3) is 0 Å². The highest BCUT2D eigenvalue weighted by Crippen LogP contribution is 2.24. The molecular formula is C23H24O3S. The fourth-order valence-electron chi connectivity index (χ4n) is 2.70. The van der Waals surface area contributed by atoms with Crippen molar-refractivity contribution in [2.45, 2.75) is 31.8 Å². The molecule has 0 heterocycles. The maximum absolute atomic E-state index is 12.3. The van der Waals surface area contributed by atoms with Crippen molar-refractivity contribution in [1.29, 1.82) is 0 Å². The van der Waals surface area contributed by atoms with E-state index < -0.39 is 10.8 Å². The van der Waals surface area contributed by atoms with Gasteiger partial charge in [0.1, 0.15) is 23.9 Å². The van der Waals surface area contributed by atoms with Crippen molar-refractivity contribution in [1.82, 2.24) is 0 Å². The van der Waals surface area contributed by atoms with Crippen molar-refractivity contribution in [3.05, 3.63) is 83.9 Å². The third-order valence-corrected chi connectivity index (χ3v) is 5.79. The molecule has 0 N–H and O–H groups in total. The Morgan fingerprint density at radius 3 is 2.41 bits per heavy atom. The number of benzene rings is 3. The van der Waals surface area contributed by atoms with Gasteiger partial charge in [-0.15, -0.1) is 0 Å². The molecule has 3 rings (SSSR count). The molecule has 0 saturated heterocycles. The van der Waals surface area contributed by atoms with Crippen LogP contribution in [0.4, 0.5) is 0 Å². The van der Waals surface area contributed by atoms with Crippen LogP contribution in [-0.4, -0.2) is 9.96 Å². The summed E-state index contributed by atoms with van der Waals surface area (Å²) in [5, 5.41) is 0. The van der Waals surface area contributed by atoms with E-state index in [0.717, 1.165) is 39.7 Å². The van der Waals surface area contributed by atoms with Crippen LogP contribution in [-0.2, 0) is 17.4 Å². The summed E-state index contributed by atoms with van der Waals surface area (Å²) in [7, 11) is -0.980. The van der Waals surface area contributed by atoms with Crippen molar-refractivity contribution in [2.24, 2.45) is 0 Å². The van der Waals surface area contributed by atoms with E-state index in [1.807, 2.05) is 86.6 Å². The fraction of sp³-hybridized carbons (Fsp3) is 0.217. The van der Waals surface area contributed by atoms with Crippen LogP contribution in [0.3, 0.4) is 0 Å². The molecule has 3 nitrogen and oxygen atoms in total. The van der Waals surface area contributed by atoms with Crippen LogP contribution in [0.5, 0.6) is 17.2 Å². The first-order chi connectivity index (χ1) is 13.2. The molecule has 0 bridgehead atoms. The zero-order valence-corrected chi connectivity index (χ0v) is 16.5. The Kier molecular flexibility index (Phi) is 6.66. The summed E-state index contributed by atoms with van der Waals surface area (Å²) in [4.78, 5) is 0.857. The molecule has 0 radical (unpaired) electrons. The number of rotatable bonds is 8. The van der Waals surface area contributed by atoms with E-state index in [1.165, 1.54) is 0 Å². The van der Waals surface area contributed by atoms with Gasteiger partial charge in [0, 0.05) is 10.6 Å². The minimum absolute atomic E-state index is 0.425. The maximum Gasteiger partial charge on any atom is 0.127 e. The largest absolute Gasteiger partial charge is 0.489 e. The first-order valence-electron chi connectivity index (χ1n) is 9.09. The van der Waals surface area contributed by atoms with E-state index in [1.54, 1.807) is 0 Å². The molecule has 3 aromatic rings. The lowest BCUT2D eigenvalue weighted by atomic mass is 10.2. The lowest BCUT2D eigenvalue weighted by Gasteiger charge is -2.11. The van der Waals surface area contributed by atoms with E-state index >= 15 is 0 Å². The van der Waals surface area contributed by atoms with Gasteiger partial charge in [-0.1, -0.05) is 43.3 Å². The van der Waals surface area contributed by atoms with Crippen LogP contribution >= 0.6 is 0 Å². The SMILES string of the molecule is CCCS(=O)c1cc(OCc2cccc(Oc3ccccc3)c2)ccc1C. The highest BCUT2D eigenvalue weighted by atomic mass is 32.2. The second-order valence-electron chi connectivity index (χ2n) is 6.33. The molecule has 0 fully saturated rings. The lowest BCUT2D eigenvalue weighted by Crippen LogP contribution is -2.01. The number of aryl methyl sites for hydroxylation is 1. The average Bonchev–Trinajstić information content (AvgIpc) is 2.68. The van der Waals surface area contributed by atoms with Gasteiger partial charge in [-0.25, -0.2) is 0 Å². The number of ether oxygens (including phenoxy) is 2. The van der Waals surface area contributed by atoms with E-state index in [0.29, 0.717) is 12.4 Å². The van der Waals surface area contributed by atoms with Crippen molar-refractivity contribution in [2.75, 3.05) is 5.75 Å². The molecule has 27 heavy (non-hydrogen) atoms. The molecule has 0 aliphatic carbocycles. The summed E-state index contributed by atoms with van der Waals surface area (Å²) < 4.78 is 24.1. The average molecular weight is 381 g/mol. The van der Waals surface area contributed by atoms with Gasteiger partial charge in [0.15, 0.2) is 0 Å². The highest BCUT2D eigenvalue weighted by Gasteiger charge is 2.09. The van der Waals surface area contributed by atoms with Gasteiger partial charge in [-0.3, -0.25) is 4.21 Å². The first-order valence-corrected chi connectivity index (χ1v) is 10.4. The molecule has 4 heteroatoms. The highest BCUT2D eigenvalue weighted by molar-refractivity contribution is 7.85. The number of hydrogen-bond acceptors (Lipinski definition) is 3. The monoisotopic (exact) mass is 380 g/mol. The predicted octanol–water partition coefficient (Wildman–Crippen LogP) is 5.88. The Hall–Kier alpha value is -2.59. The third kappa shape index (κ3) is 5.44. The Bertz CT molecular complexity index is 907. The van der Waals surface area contributed by atoms with Crippen LogP contribution in [0.15, 0.2) is 77.7 Å². The number of hydrogen-bond donors (Lipinski definition) is 0. The van der Waals surface area contributed by atoms with Crippen molar-refractivity contribution in [3.63, 3.8) is 0 Å². The lowest BCUT2D eigenvalue weighted by molar-refractivity contribution is 0.304. The Labute approximate surface area is 163 Å². The van der Waals surface area contributed by atoms with Crippen LogP contribution in [0, 0.1) is 6.92 Å². The van der Waals surface area contributed by atoms with Gasteiger partial charge in [-0.05, 0) is 60.9 Å². The van der Waals surface area contributed by atoms with Gasteiger partial charge in [0.2, 0.25) is 0 Å². The van der Waals surface area contributed by atoms with E-state index in [2.05, 4.69) is 0 Å². The van der Waals surface area contributed by atoms with Gasteiger partial charge >= 0.3 is 0 Å². The molecule has 3 aromatic carbocycles. The van der Waals surface area contributed by atoms with Crippen LogP contribution in [0.1, 0.15) is 24.5 Å². The molecule has 140 valence electrons. The van der Waals surface area contributed by atoms with Gasteiger partial charge < -0.3 is 9.47 Å². The van der Waals surface area contributed by atoms with E-state index in [9.17, 15) is 4.21 Å². The van der Waals surface area contributed by atoms with Crippen molar-refractivity contribution < 1.29 is 13.7 Å². The molecule has 1 unspecified atom stereocenters. The fourth-order valence-corrected chi connectivity index (χ4v) is 3.97. The first kappa shape index (κ1) is 19.2.